The maximum absolute atomic E-state index is 12.7. The topological polar surface area (TPSA) is 59.3 Å². The van der Waals surface area contributed by atoms with Crippen molar-refractivity contribution in [3.63, 3.8) is 0 Å². The second-order valence-electron chi connectivity index (χ2n) is 11.4. The Hall–Kier alpha value is -2.80. The summed E-state index contributed by atoms with van der Waals surface area (Å²) < 4.78 is 11.4. The monoisotopic (exact) mass is 531 g/mol. The number of hydrogen-bond donors (Lipinski definition) is 0. The molecule has 1 aliphatic rings. The molecule has 0 saturated heterocycles. The molecule has 2 aromatic rings. The lowest BCUT2D eigenvalue weighted by Gasteiger charge is -2.28. The van der Waals surface area contributed by atoms with E-state index in [9.17, 15) is 10.1 Å². The van der Waals surface area contributed by atoms with E-state index in [0.29, 0.717) is 23.5 Å². The summed E-state index contributed by atoms with van der Waals surface area (Å²) in [6, 6.07) is 14.9. The maximum Gasteiger partial charge on any atom is 0.343 e. The lowest BCUT2D eigenvalue weighted by Crippen LogP contribution is -2.15. The van der Waals surface area contributed by atoms with Crippen molar-refractivity contribution in [3.8, 4) is 17.6 Å². The van der Waals surface area contributed by atoms with Crippen molar-refractivity contribution >= 4 is 5.97 Å². The molecular formula is C35H49NO3. The maximum atomic E-state index is 12.7. The number of aryl methyl sites for hydroxylation is 1. The van der Waals surface area contributed by atoms with E-state index in [1.54, 1.807) is 30.3 Å². The average Bonchev–Trinajstić information content (AvgIpc) is 2.97. The molecule has 212 valence electrons. The summed E-state index contributed by atoms with van der Waals surface area (Å²) in [6.45, 7) is 5.15. The molecule has 1 saturated carbocycles. The number of carbonyl (C=O) groups excluding carboxylic acids is 1. The number of hydrogen-bond acceptors (Lipinski definition) is 4. The predicted octanol–water partition coefficient (Wildman–Crippen LogP) is 9.84. The highest BCUT2D eigenvalue weighted by Crippen LogP contribution is 2.34. The van der Waals surface area contributed by atoms with Gasteiger partial charge >= 0.3 is 5.97 Å². The van der Waals surface area contributed by atoms with Crippen molar-refractivity contribution in [2.75, 3.05) is 6.61 Å². The molecular weight excluding hydrogens is 482 g/mol. The number of rotatable bonds is 17. The molecule has 2 aromatic carbocycles. The quantitative estimate of drug-likeness (QED) is 0.116. The SMILES string of the molecule is CCCCCCCC1CCC(CCc2ccc(OC(=O)c3ccc(OCCCCCC)cc3)c(C#N)c2)CC1. The van der Waals surface area contributed by atoms with Gasteiger partial charge in [-0.3, -0.25) is 0 Å². The molecule has 0 unspecified atom stereocenters. The van der Waals surface area contributed by atoms with E-state index < -0.39 is 5.97 Å². The summed E-state index contributed by atoms with van der Waals surface area (Å²) in [7, 11) is 0. The van der Waals surface area contributed by atoms with E-state index in [-0.39, 0.29) is 0 Å². The molecule has 0 radical (unpaired) electrons. The van der Waals surface area contributed by atoms with Crippen molar-refractivity contribution in [2.24, 2.45) is 11.8 Å². The molecule has 0 N–H and O–H groups in total. The van der Waals surface area contributed by atoms with Gasteiger partial charge in [0.05, 0.1) is 17.7 Å². The Morgan fingerprint density at radius 2 is 1.46 bits per heavy atom. The van der Waals surface area contributed by atoms with Gasteiger partial charge in [-0.2, -0.15) is 5.26 Å². The van der Waals surface area contributed by atoms with Gasteiger partial charge in [-0.25, -0.2) is 4.79 Å². The van der Waals surface area contributed by atoms with E-state index in [2.05, 4.69) is 19.9 Å². The zero-order valence-corrected chi connectivity index (χ0v) is 24.4. The molecule has 0 atom stereocenters. The molecule has 0 aromatic heterocycles. The second kappa shape index (κ2) is 17.7. The number of unbranched alkanes of at least 4 members (excludes halogenated alkanes) is 7. The highest BCUT2D eigenvalue weighted by atomic mass is 16.5. The number of benzene rings is 2. The first kappa shape index (κ1) is 30.7. The van der Waals surface area contributed by atoms with Crippen LogP contribution in [0.3, 0.4) is 0 Å². The molecule has 0 spiro atoms. The fraction of sp³-hybridized carbons (Fsp3) is 0.600. The van der Waals surface area contributed by atoms with Gasteiger partial charge in [-0.15, -0.1) is 0 Å². The molecule has 0 bridgehead atoms. The van der Waals surface area contributed by atoms with Crippen LogP contribution in [0.4, 0.5) is 0 Å². The highest BCUT2D eigenvalue weighted by Gasteiger charge is 2.21. The van der Waals surface area contributed by atoms with Gasteiger partial charge in [0.2, 0.25) is 0 Å². The second-order valence-corrected chi connectivity index (χ2v) is 11.4. The summed E-state index contributed by atoms with van der Waals surface area (Å²) in [4.78, 5) is 12.7. The van der Waals surface area contributed by atoms with Crippen molar-refractivity contribution in [1.82, 2.24) is 0 Å². The first-order valence-electron chi connectivity index (χ1n) is 15.6. The zero-order chi connectivity index (χ0) is 27.7. The summed E-state index contributed by atoms with van der Waals surface area (Å²) in [5.74, 6) is 2.33. The van der Waals surface area contributed by atoms with Gasteiger partial charge in [-0.05, 0) is 73.1 Å². The Morgan fingerprint density at radius 1 is 0.821 bits per heavy atom. The minimum absolute atomic E-state index is 0.321. The third kappa shape index (κ3) is 11.1. The van der Waals surface area contributed by atoms with E-state index in [1.807, 2.05) is 12.1 Å². The lowest BCUT2D eigenvalue weighted by molar-refractivity contribution is 0.0734. The van der Waals surface area contributed by atoms with Gasteiger partial charge in [0.15, 0.2) is 0 Å². The van der Waals surface area contributed by atoms with Crippen molar-refractivity contribution < 1.29 is 14.3 Å². The average molecular weight is 532 g/mol. The van der Waals surface area contributed by atoms with Crippen LogP contribution in [0, 0.1) is 23.2 Å². The third-order valence-corrected chi connectivity index (χ3v) is 8.25. The molecule has 0 aliphatic heterocycles. The van der Waals surface area contributed by atoms with Crippen molar-refractivity contribution in [3.05, 3.63) is 59.2 Å². The Labute approximate surface area is 237 Å². The summed E-state index contributed by atoms with van der Waals surface area (Å²) in [5.41, 5.74) is 2.00. The smallest absolute Gasteiger partial charge is 0.343 e. The third-order valence-electron chi connectivity index (χ3n) is 8.25. The van der Waals surface area contributed by atoms with Crippen LogP contribution in [0.25, 0.3) is 0 Å². The van der Waals surface area contributed by atoms with Gasteiger partial charge in [-0.1, -0.05) is 103 Å². The molecule has 4 heteroatoms. The lowest BCUT2D eigenvalue weighted by atomic mass is 9.77. The number of esters is 1. The number of nitrogens with zero attached hydrogens (tertiary/aromatic N) is 1. The van der Waals surface area contributed by atoms with Crippen LogP contribution in [0.2, 0.25) is 0 Å². The van der Waals surface area contributed by atoms with Crippen LogP contribution in [0.1, 0.15) is 132 Å². The molecule has 4 nitrogen and oxygen atoms in total. The normalized spacial score (nSPS) is 16.9. The van der Waals surface area contributed by atoms with Crippen LogP contribution in [0.5, 0.6) is 11.5 Å². The molecule has 39 heavy (non-hydrogen) atoms. The minimum Gasteiger partial charge on any atom is -0.494 e. The molecule has 3 rings (SSSR count). The Morgan fingerprint density at radius 3 is 2.13 bits per heavy atom. The molecule has 0 amide bonds. The van der Waals surface area contributed by atoms with Gasteiger partial charge in [0.1, 0.15) is 17.6 Å². The first-order chi connectivity index (χ1) is 19.1. The predicted molar refractivity (Wildman–Crippen MR) is 159 cm³/mol. The Balaban J connectivity index is 1.41. The Bertz CT molecular complexity index is 1020. The van der Waals surface area contributed by atoms with Crippen LogP contribution in [-0.2, 0) is 6.42 Å². The van der Waals surface area contributed by atoms with Gasteiger partial charge < -0.3 is 9.47 Å². The number of nitriles is 1. The fourth-order valence-electron chi connectivity index (χ4n) is 5.69. The van der Waals surface area contributed by atoms with Crippen LogP contribution >= 0.6 is 0 Å². The molecule has 0 heterocycles. The highest BCUT2D eigenvalue weighted by molar-refractivity contribution is 5.91. The summed E-state index contributed by atoms with van der Waals surface area (Å²) >= 11 is 0. The first-order valence-corrected chi connectivity index (χ1v) is 15.6. The van der Waals surface area contributed by atoms with Crippen LogP contribution in [-0.4, -0.2) is 12.6 Å². The van der Waals surface area contributed by atoms with E-state index >= 15 is 0 Å². The van der Waals surface area contributed by atoms with E-state index in [1.165, 1.54) is 89.9 Å². The zero-order valence-electron chi connectivity index (χ0n) is 24.4. The summed E-state index contributed by atoms with van der Waals surface area (Å²) in [5, 5.41) is 9.71. The largest absolute Gasteiger partial charge is 0.494 e. The van der Waals surface area contributed by atoms with Gasteiger partial charge in [0, 0.05) is 0 Å². The number of ether oxygens (including phenoxy) is 2. The summed E-state index contributed by atoms with van der Waals surface area (Å²) in [6.07, 6.45) is 20.5. The molecule has 1 fully saturated rings. The van der Waals surface area contributed by atoms with Crippen molar-refractivity contribution in [1.29, 1.82) is 5.26 Å². The van der Waals surface area contributed by atoms with E-state index in [4.69, 9.17) is 9.47 Å². The Kier molecular flexibility index (Phi) is 14.0. The minimum atomic E-state index is -0.462. The standard InChI is InChI=1S/C35H49NO3/c1-3-5-7-9-10-12-28-13-15-29(16-14-28)17-18-30-19-24-34(32(26-30)27-36)39-35(37)31-20-22-33(23-21-31)38-25-11-8-6-4-2/h19-24,26,28-29H,3-18,25H2,1-2H3. The van der Waals surface area contributed by atoms with Crippen molar-refractivity contribution in [2.45, 2.75) is 117 Å². The van der Waals surface area contributed by atoms with Crippen LogP contribution in [0.15, 0.2) is 42.5 Å². The molecule has 1 aliphatic carbocycles. The van der Waals surface area contributed by atoms with Crippen LogP contribution < -0.4 is 9.47 Å². The number of carbonyl (C=O) groups is 1. The van der Waals surface area contributed by atoms with E-state index in [0.717, 1.165) is 36.0 Å². The van der Waals surface area contributed by atoms with Gasteiger partial charge in [0.25, 0.3) is 0 Å². The fourth-order valence-corrected chi connectivity index (χ4v) is 5.69.